The molecule has 1 rings (SSSR count). The van der Waals surface area contributed by atoms with Crippen LogP contribution in [0.3, 0.4) is 0 Å². The number of nitrogens with one attached hydrogen (secondary N) is 1. The Bertz CT molecular complexity index is 191. The summed E-state index contributed by atoms with van der Waals surface area (Å²) in [5.74, 6) is 0.759. The standard InChI is InChI=1S/C9H16F3NS/c1-8(2)5-7(8)6-13-3-4-14-9(10,11)12/h7,13H,3-6H2,1-2H3. The summed E-state index contributed by atoms with van der Waals surface area (Å²) in [4.78, 5) is 0. The number of rotatable bonds is 5. The van der Waals surface area contributed by atoms with Crippen molar-refractivity contribution in [2.75, 3.05) is 18.8 Å². The first-order valence-corrected chi connectivity index (χ1v) is 5.71. The van der Waals surface area contributed by atoms with Gasteiger partial charge in [0.05, 0.1) is 0 Å². The van der Waals surface area contributed by atoms with Crippen LogP contribution < -0.4 is 5.32 Å². The van der Waals surface area contributed by atoms with Gasteiger partial charge in [-0.2, -0.15) is 13.2 Å². The first-order valence-electron chi connectivity index (χ1n) is 4.73. The van der Waals surface area contributed by atoms with Gasteiger partial charge < -0.3 is 5.32 Å². The van der Waals surface area contributed by atoms with Gasteiger partial charge in [0.25, 0.3) is 0 Å². The van der Waals surface area contributed by atoms with Crippen LogP contribution in [0.4, 0.5) is 13.2 Å². The fraction of sp³-hybridized carbons (Fsp3) is 1.00. The summed E-state index contributed by atoms with van der Waals surface area (Å²) in [7, 11) is 0. The van der Waals surface area contributed by atoms with E-state index in [2.05, 4.69) is 19.2 Å². The molecule has 0 heterocycles. The second-order valence-electron chi connectivity index (χ2n) is 4.39. The van der Waals surface area contributed by atoms with Gasteiger partial charge in [-0.1, -0.05) is 13.8 Å². The lowest BCUT2D eigenvalue weighted by Crippen LogP contribution is -2.22. The Hall–Kier alpha value is 0.100. The van der Waals surface area contributed by atoms with Crippen LogP contribution in [0.15, 0.2) is 0 Å². The highest BCUT2D eigenvalue weighted by molar-refractivity contribution is 8.00. The Morgan fingerprint density at radius 3 is 2.43 bits per heavy atom. The highest BCUT2D eigenvalue weighted by Gasteiger charge is 2.44. The third-order valence-electron chi connectivity index (χ3n) is 2.65. The molecule has 0 aliphatic heterocycles. The van der Waals surface area contributed by atoms with E-state index < -0.39 is 5.51 Å². The highest BCUT2D eigenvalue weighted by Crippen LogP contribution is 2.50. The normalized spacial score (nSPS) is 25.1. The third-order valence-corrected chi connectivity index (χ3v) is 3.39. The van der Waals surface area contributed by atoms with Crippen LogP contribution in [-0.2, 0) is 0 Å². The van der Waals surface area contributed by atoms with E-state index in [1.54, 1.807) is 0 Å². The molecule has 1 N–H and O–H groups in total. The molecular formula is C9H16F3NS. The van der Waals surface area contributed by atoms with Gasteiger partial charge in [0, 0.05) is 12.3 Å². The minimum absolute atomic E-state index is 0.0430. The molecule has 0 saturated heterocycles. The Balaban J connectivity index is 1.91. The Morgan fingerprint density at radius 1 is 1.43 bits per heavy atom. The largest absolute Gasteiger partial charge is 0.441 e. The maximum absolute atomic E-state index is 11.7. The molecule has 1 saturated carbocycles. The summed E-state index contributed by atoms with van der Waals surface area (Å²) in [5, 5.41) is 3.05. The van der Waals surface area contributed by atoms with Gasteiger partial charge in [0.15, 0.2) is 0 Å². The number of alkyl halides is 3. The average Bonchev–Trinajstić information content (AvgIpc) is 2.56. The second kappa shape index (κ2) is 4.31. The van der Waals surface area contributed by atoms with Crippen LogP contribution in [0, 0.1) is 11.3 Å². The molecule has 1 aliphatic carbocycles. The first kappa shape index (κ1) is 12.2. The molecule has 0 spiro atoms. The van der Waals surface area contributed by atoms with E-state index >= 15 is 0 Å². The lowest BCUT2D eigenvalue weighted by Gasteiger charge is -2.07. The molecule has 0 aromatic heterocycles. The second-order valence-corrected chi connectivity index (χ2v) is 5.55. The molecule has 0 aromatic rings. The Morgan fingerprint density at radius 2 is 2.00 bits per heavy atom. The molecule has 1 atom stereocenters. The molecule has 0 aromatic carbocycles. The zero-order chi connectivity index (χ0) is 10.8. The van der Waals surface area contributed by atoms with Crippen molar-refractivity contribution < 1.29 is 13.2 Å². The molecule has 1 aliphatic rings. The monoisotopic (exact) mass is 227 g/mol. The van der Waals surface area contributed by atoms with Gasteiger partial charge in [-0.3, -0.25) is 0 Å². The molecule has 1 nitrogen and oxygen atoms in total. The van der Waals surface area contributed by atoms with Gasteiger partial charge in [-0.15, -0.1) is 0 Å². The van der Waals surface area contributed by atoms with Crippen molar-refractivity contribution in [3.63, 3.8) is 0 Å². The Labute approximate surface area is 86.8 Å². The van der Waals surface area contributed by atoms with Crippen molar-refractivity contribution in [2.24, 2.45) is 11.3 Å². The number of hydrogen-bond donors (Lipinski definition) is 1. The van der Waals surface area contributed by atoms with E-state index in [0.29, 0.717) is 17.9 Å². The maximum Gasteiger partial charge on any atom is 0.441 e. The quantitative estimate of drug-likeness (QED) is 0.725. The van der Waals surface area contributed by atoms with E-state index in [4.69, 9.17) is 0 Å². The van der Waals surface area contributed by atoms with Crippen molar-refractivity contribution in [1.82, 2.24) is 5.32 Å². The highest BCUT2D eigenvalue weighted by atomic mass is 32.2. The van der Waals surface area contributed by atoms with Gasteiger partial charge in [0.1, 0.15) is 0 Å². The van der Waals surface area contributed by atoms with E-state index in [1.807, 2.05) is 0 Å². The van der Waals surface area contributed by atoms with Crippen molar-refractivity contribution in [3.05, 3.63) is 0 Å². The summed E-state index contributed by atoms with van der Waals surface area (Å²) < 4.78 is 35.1. The average molecular weight is 227 g/mol. The molecular weight excluding hydrogens is 211 g/mol. The van der Waals surface area contributed by atoms with Crippen molar-refractivity contribution in [3.8, 4) is 0 Å². The minimum atomic E-state index is -4.08. The van der Waals surface area contributed by atoms with Gasteiger partial charge in [0.2, 0.25) is 0 Å². The zero-order valence-electron chi connectivity index (χ0n) is 8.45. The third kappa shape index (κ3) is 4.55. The smallest absolute Gasteiger partial charge is 0.316 e. The first-order chi connectivity index (χ1) is 6.31. The van der Waals surface area contributed by atoms with Crippen LogP contribution in [0.5, 0.6) is 0 Å². The summed E-state index contributed by atoms with van der Waals surface area (Å²) in [5.41, 5.74) is -3.68. The number of hydrogen-bond acceptors (Lipinski definition) is 2. The summed E-state index contributed by atoms with van der Waals surface area (Å²) in [6.45, 7) is 5.66. The molecule has 0 radical (unpaired) electrons. The van der Waals surface area contributed by atoms with Gasteiger partial charge in [-0.25, -0.2) is 0 Å². The lowest BCUT2D eigenvalue weighted by molar-refractivity contribution is -0.0327. The minimum Gasteiger partial charge on any atom is -0.316 e. The fourth-order valence-electron chi connectivity index (χ4n) is 1.44. The fourth-order valence-corrected chi connectivity index (χ4v) is 1.92. The number of thioether (sulfide) groups is 1. The van der Waals surface area contributed by atoms with Crippen molar-refractivity contribution in [2.45, 2.75) is 25.8 Å². The van der Waals surface area contributed by atoms with Crippen LogP contribution in [-0.4, -0.2) is 24.4 Å². The van der Waals surface area contributed by atoms with Gasteiger partial charge >= 0.3 is 5.51 Å². The predicted octanol–water partition coefficient (Wildman–Crippen LogP) is 2.88. The van der Waals surface area contributed by atoms with E-state index in [-0.39, 0.29) is 17.5 Å². The summed E-state index contributed by atoms with van der Waals surface area (Å²) >= 11 is 0.0430. The zero-order valence-corrected chi connectivity index (χ0v) is 9.26. The van der Waals surface area contributed by atoms with Crippen molar-refractivity contribution >= 4 is 11.8 Å². The van der Waals surface area contributed by atoms with E-state index in [1.165, 1.54) is 6.42 Å². The summed E-state index contributed by atoms with van der Waals surface area (Å²) in [6.07, 6.45) is 1.19. The van der Waals surface area contributed by atoms with Crippen molar-refractivity contribution in [1.29, 1.82) is 0 Å². The van der Waals surface area contributed by atoms with Crippen LogP contribution in [0.2, 0.25) is 0 Å². The Kier molecular flexibility index (Phi) is 3.75. The van der Waals surface area contributed by atoms with E-state index in [9.17, 15) is 13.2 Å². The molecule has 0 bridgehead atoms. The van der Waals surface area contributed by atoms with Crippen LogP contribution in [0.25, 0.3) is 0 Å². The predicted molar refractivity (Wildman–Crippen MR) is 53.3 cm³/mol. The van der Waals surface area contributed by atoms with Crippen LogP contribution in [0.1, 0.15) is 20.3 Å². The maximum atomic E-state index is 11.7. The number of halogens is 3. The topological polar surface area (TPSA) is 12.0 Å². The molecule has 14 heavy (non-hydrogen) atoms. The molecule has 5 heteroatoms. The molecule has 84 valence electrons. The van der Waals surface area contributed by atoms with Gasteiger partial charge in [-0.05, 0) is 36.1 Å². The molecule has 1 unspecified atom stereocenters. The lowest BCUT2D eigenvalue weighted by atomic mass is 10.1. The molecule has 1 fully saturated rings. The van der Waals surface area contributed by atoms with E-state index in [0.717, 1.165) is 6.54 Å². The molecule has 0 amide bonds. The SMILES string of the molecule is CC1(C)CC1CNCCSC(F)(F)F. The summed E-state index contributed by atoms with van der Waals surface area (Å²) in [6, 6.07) is 0. The van der Waals surface area contributed by atoms with Crippen LogP contribution >= 0.6 is 11.8 Å².